The van der Waals surface area contributed by atoms with Crippen LogP contribution in [0.1, 0.15) is 0 Å². The van der Waals surface area contributed by atoms with E-state index < -0.39 is 0 Å². The quantitative estimate of drug-likeness (QED) is 0.155. The number of benzene rings is 13. The molecule has 22 rings (SSSR count). The average Bonchev–Trinajstić information content (AvgIpc) is 1.09. The molecule has 0 aliphatic heterocycles. The zero-order chi connectivity index (χ0) is 62.4. The summed E-state index contributed by atoms with van der Waals surface area (Å²) in [6.45, 7) is 0. The topological polar surface area (TPSA) is 81.1 Å². The van der Waals surface area contributed by atoms with Gasteiger partial charge in [-0.2, -0.15) is 0 Å². The Bertz CT molecular complexity index is 6170. The smallest absolute Gasteiger partial charge is 0.0989 e. The molecule has 0 atom stereocenters. The van der Waals surface area contributed by atoms with Gasteiger partial charge in [-0.3, -0.25) is 19.9 Å². The molecule has 0 aliphatic carbocycles. The van der Waals surface area contributed by atoms with Crippen LogP contribution in [0.5, 0.6) is 0 Å². The molecule has 444 valence electrons. The Morgan fingerprint density at radius 2 is 0.344 bits per heavy atom. The fourth-order valence-electron chi connectivity index (χ4n) is 16.5. The summed E-state index contributed by atoms with van der Waals surface area (Å²) in [5.41, 5.74) is 22.7. The maximum Gasteiger partial charge on any atom is 0.0989 e. The second-order valence-corrected chi connectivity index (χ2v) is 25.4. The van der Waals surface area contributed by atoms with E-state index in [9.17, 15) is 0 Å². The van der Waals surface area contributed by atoms with Crippen molar-refractivity contribution in [3.63, 3.8) is 0 Å². The first-order valence-corrected chi connectivity index (χ1v) is 32.6. The van der Waals surface area contributed by atoms with Gasteiger partial charge in [0.2, 0.25) is 0 Å². The predicted octanol–water partition coefficient (Wildman–Crippen LogP) is 21.3. The molecule has 10 heteroatoms. The van der Waals surface area contributed by atoms with Crippen LogP contribution in [0.25, 0.3) is 198 Å². The normalized spacial score (nSPS) is 12.4. The first-order chi connectivity index (χ1) is 47.6. The van der Waals surface area contributed by atoms with Crippen LogP contribution >= 0.6 is 0 Å². The minimum atomic E-state index is 0.755. The van der Waals surface area contributed by atoms with Gasteiger partial charge in [-0.1, -0.05) is 146 Å². The Balaban J connectivity index is 0.750. The lowest BCUT2D eigenvalue weighted by atomic mass is 10.1. The third kappa shape index (κ3) is 6.97. The van der Waals surface area contributed by atoms with Crippen molar-refractivity contribution in [2.24, 2.45) is 0 Å². The molecule has 0 unspecified atom stereocenters. The highest BCUT2D eigenvalue weighted by Crippen LogP contribution is 2.44. The summed E-state index contributed by atoms with van der Waals surface area (Å²) in [4.78, 5) is 21.3. The van der Waals surface area contributed by atoms with Gasteiger partial charge in [0.25, 0.3) is 0 Å². The summed E-state index contributed by atoms with van der Waals surface area (Å²) >= 11 is 0. The molecule has 0 spiro atoms. The molecule has 9 aromatic heterocycles. The number of fused-ring (bicyclic) bond motifs is 24. The summed E-state index contributed by atoms with van der Waals surface area (Å²) < 4.78 is 14.4. The maximum absolute atomic E-state index is 5.46. The Morgan fingerprint density at radius 1 is 0.156 bits per heavy atom. The largest absolute Gasteiger partial charge is 0.309 e. The summed E-state index contributed by atoms with van der Waals surface area (Å²) in [6.07, 6.45) is 7.61. The first kappa shape index (κ1) is 51.4. The van der Waals surface area contributed by atoms with E-state index in [1.165, 1.54) is 43.1 Å². The van der Waals surface area contributed by atoms with Crippen LogP contribution < -0.4 is 0 Å². The summed E-state index contributed by atoms with van der Waals surface area (Å²) in [7, 11) is 0. The van der Waals surface area contributed by atoms with Crippen molar-refractivity contribution >= 4 is 164 Å². The molecule has 0 saturated heterocycles. The third-order valence-electron chi connectivity index (χ3n) is 20.5. The van der Waals surface area contributed by atoms with Gasteiger partial charge < -0.3 is 27.4 Å². The molecule has 0 bridgehead atoms. The number of aromatic nitrogens is 10. The Morgan fingerprint density at radius 3 is 0.583 bits per heavy atom. The van der Waals surface area contributed by atoms with E-state index >= 15 is 0 Å². The van der Waals surface area contributed by atoms with E-state index in [1.54, 1.807) is 12.4 Å². The Labute approximate surface area is 545 Å². The molecule has 96 heavy (non-hydrogen) atoms. The van der Waals surface area contributed by atoms with Gasteiger partial charge in [-0.25, -0.2) is 0 Å². The molecule has 0 saturated carbocycles. The number of hydrogen-bond donors (Lipinski definition) is 0. The second kappa shape index (κ2) is 19.2. The fraction of sp³-hybridized carbons (Fsp3) is 0. The van der Waals surface area contributed by atoms with E-state index in [0.29, 0.717) is 0 Å². The SMILES string of the molecule is c1ccc2c(c1)c1ccccc1n2-c1ccc2c(c1)c1cc(-n3c4ccccc4c4ccccc43)ccc1n2-c1cnc2c(c1)c1nccnc1c1cc(-n3c4ccc(-n5c6ccccc6c6ccccc65)cc4c4cc(-n5c6ccccc6c6ccccc65)ccc43)cnc12. The van der Waals surface area contributed by atoms with Crippen LogP contribution in [-0.2, 0) is 0 Å². The van der Waals surface area contributed by atoms with Gasteiger partial charge in [0, 0.05) is 111 Å². The fourth-order valence-corrected chi connectivity index (χ4v) is 16.5. The van der Waals surface area contributed by atoms with Crippen LogP contribution in [0.3, 0.4) is 0 Å². The van der Waals surface area contributed by atoms with E-state index in [-0.39, 0.29) is 0 Å². The average molecular weight is 1220 g/mol. The number of nitrogens with zero attached hydrogens (tertiary/aromatic N) is 10. The van der Waals surface area contributed by atoms with Crippen molar-refractivity contribution in [3.8, 4) is 34.1 Å². The van der Waals surface area contributed by atoms with Gasteiger partial charge in [0.15, 0.2) is 0 Å². The zero-order valence-corrected chi connectivity index (χ0v) is 51.3. The van der Waals surface area contributed by atoms with Gasteiger partial charge in [0.1, 0.15) is 0 Å². The lowest BCUT2D eigenvalue weighted by Gasteiger charge is -2.14. The van der Waals surface area contributed by atoms with Gasteiger partial charge >= 0.3 is 0 Å². The van der Waals surface area contributed by atoms with E-state index in [1.807, 2.05) is 12.4 Å². The monoisotopic (exact) mass is 1220 g/mol. The van der Waals surface area contributed by atoms with Crippen molar-refractivity contribution in [3.05, 3.63) is 304 Å². The van der Waals surface area contributed by atoms with Crippen LogP contribution in [-0.4, -0.2) is 47.3 Å². The van der Waals surface area contributed by atoms with E-state index in [4.69, 9.17) is 19.9 Å². The number of para-hydroxylation sites is 8. The van der Waals surface area contributed by atoms with Gasteiger partial charge in [-0.05, 0) is 133 Å². The first-order valence-electron chi connectivity index (χ1n) is 32.6. The molecule has 0 amide bonds. The van der Waals surface area contributed by atoms with Crippen LogP contribution in [0.4, 0.5) is 0 Å². The summed E-state index contributed by atoms with van der Waals surface area (Å²) in [5.74, 6) is 0. The standard InChI is InChI=1S/C86H50N10/c1-9-25-71-57(17-1)58-18-2-10-26-72(58)91(71)51-33-37-79-65(43-51)66-44-52(92-73-27-11-3-19-59(73)60-20-4-12-28-74(60)92)34-38-80(66)95(79)55-47-69-83-84(88-42-41-87-83)70-48-56(50-90-86(70)85(69)89-49-55)96-81-39-35-53(93-75-29-13-5-21-61(75)62-22-6-14-30-76(62)93)45-67(81)68-46-54(36-40-82(68)96)94-77-31-15-7-23-63(77)64-24-8-16-32-78(64)94/h1-50H. The molecule has 0 radical (unpaired) electrons. The highest BCUT2D eigenvalue weighted by atomic mass is 15.0. The van der Waals surface area contributed by atoms with E-state index in [0.717, 1.165) is 155 Å². The lowest BCUT2D eigenvalue weighted by Crippen LogP contribution is -2.00. The molecule has 0 fully saturated rings. The summed E-state index contributed by atoms with van der Waals surface area (Å²) in [6, 6.07) is 102. The number of rotatable bonds is 6. The minimum absolute atomic E-state index is 0.755. The number of hydrogen-bond acceptors (Lipinski definition) is 4. The molecule has 10 nitrogen and oxygen atoms in total. The minimum Gasteiger partial charge on any atom is -0.309 e. The molecule has 9 heterocycles. The van der Waals surface area contributed by atoms with Crippen LogP contribution in [0, 0.1) is 0 Å². The van der Waals surface area contributed by atoms with E-state index in [2.05, 4.69) is 306 Å². The molecule has 0 N–H and O–H groups in total. The molecule has 22 aromatic rings. The zero-order valence-electron chi connectivity index (χ0n) is 51.3. The van der Waals surface area contributed by atoms with Gasteiger partial charge in [0.05, 0.1) is 112 Å². The second-order valence-electron chi connectivity index (χ2n) is 25.4. The van der Waals surface area contributed by atoms with Crippen molar-refractivity contribution in [2.75, 3.05) is 0 Å². The highest BCUT2D eigenvalue weighted by Gasteiger charge is 2.24. The van der Waals surface area contributed by atoms with Crippen LogP contribution in [0.15, 0.2) is 304 Å². The highest BCUT2D eigenvalue weighted by molar-refractivity contribution is 6.22. The predicted molar refractivity (Wildman–Crippen MR) is 396 cm³/mol. The number of pyridine rings is 2. The van der Waals surface area contributed by atoms with Crippen molar-refractivity contribution in [2.45, 2.75) is 0 Å². The van der Waals surface area contributed by atoms with Crippen molar-refractivity contribution in [1.29, 1.82) is 0 Å². The Kier molecular flexibility index (Phi) is 10.3. The molecular formula is C86H50N10. The van der Waals surface area contributed by atoms with Crippen LogP contribution in [0.2, 0.25) is 0 Å². The van der Waals surface area contributed by atoms with Crippen molar-refractivity contribution < 1.29 is 0 Å². The molecular weight excluding hydrogens is 1170 g/mol. The molecule has 13 aromatic carbocycles. The Hall–Kier alpha value is -13.2. The van der Waals surface area contributed by atoms with Crippen molar-refractivity contribution in [1.82, 2.24) is 47.3 Å². The van der Waals surface area contributed by atoms with Gasteiger partial charge in [-0.15, -0.1) is 0 Å². The lowest BCUT2D eigenvalue weighted by molar-refractivity contribution is 1.14. The maximum atomic E-state index is 5.46. The molecule has 0 aliphatic rings. The third-order valence-corrected chi connectivity index (χ3v) is 20.5. The summed E-state index contributed by atoms with van der Waals surface area (Å²) in [5, 5.41) is 16.0.